The number of nitrogens with zero attached hydrogens (tertiary/aromatic N) is 2. The third-order valence-electron chi connectivity index (χ3n) is 9.29. The SMILES string of the molecule is O=c1c2ccccc2c2c(-n3c4cc(-c5ccccc5)ccc4c4ccc(-c5ccccc5)cc43)sc3c4ccccc4n1c32. The lowest BCUT2D eigenvalue weighted by Crippen LogP contribution is -2.12. The largest absolute Gasteiger partial charge is 0.300 e. The quantitative estimate of drug-likeness (QED) is 0.200. The molecule has 0 aliphatic heterocycles. The van der Waals surface area contributed by atoms with E-state index in [0.29, 0.717) is 0 Å². The van der Waals surface area contributed by atoms with Crippen molar-refractivity contribution < 1.29 is 0 Å². The van der Waals surface area contributed by atoms with E-state index in [1.165, 1.54) is 33.0 Å². The third-order valence-corrected chi connectivity index (χ3v) is 10.5. The molecule has 0 spiro atoms. The Bertz CT molecular complexity index is 2730. The first-order valence-corrected chi connectivity index (χ1v) is 16.0. The van der Waals surface area contributed by atoms with Crippen molar-refractivity contribution in [3.63, 3.8) is 0 Å². The molecule has 0 fully saturated rings. The van der Waals surface area contributed by atoms with E-state index in [1.807, 2.05) is 28.7 Å². The average Bonchev–Trinajstić information content (AvgIpc) is 3.75. The second-order valence-corrected chi connectivity index (χ2v) is 12.7. The highest BCUT2D eigenvalue weighted by molar-refractivity contribution is 7.23. The van der Waals surface area contributed by atoms with Crippen LogP contribution in [0.3, 0.4) is 0 Å². The summed E-state index contributed by atoms with van der Waals surface area (Å²) in [5.41, 5.74) is 9.04. The molecule has 6 aromatic carbocycles. The lowest BCUT2D eigenvalue weighted by Gasteiger charge is -2.11. The molecule has 0 saturated carbocycles. The van der Waals surface area contributed by atoms with Crippen LogP contribution < -0.4 is 5.56 Å². The summed E-state index contributed by atoms with van der Waals surface area (Å²) in [6, 6.07) is 51.2. The summed E-state index contributed by atoms with van der Waals surface area (Å²) in [7, 11) is 0. The van der Waals surface area contributed by atoms with Crippen molar-refractivity contribution in [1.29, 1.82) is 0 Å². The molecule has 10 aromatic rings. The van der Waals surface area contributed by atoms with E-state index in [9.17, 15) is 4.79 Å². The van der Waals surface area contributed by atoms with Gasteiger partial charge in [0.15, 0.2) is 0 Å². The monoisotopic (exact) mass is 592 g/mol. The Morgan fingerprint density at radius 1 is 0.444 bits per heavy atom. The van der Waals surface area contributed by atoms with Gasteiger partial charge in [-0.25, -0.2) is 0 Å². The minimum Gasteiger partial charge on any atom is -0.300 e. The lowest BCUT2D eigenvalue weighted by atomic mass is 10.0. The molecule has 0 N–H and O–H groups in total. The van der Waals surface area contributed by atoms with Crippen LogP contribution in [0, 0.1) is 0 Å². The second kappa shape index (κ2) is 9.15. The molecule has 0 atom stereocenters. The predicted molar refractivity (Wildman–Crippen MR) is 190 cm³/mol. The van der Waals surface area contributed by atoms with E-state index < -0.39 is 0 Å². The molecule has 4 aromatic heterocycles. The molecule has 4 heteroatoms. The van der Waals surface area contributed by atoms with Crippen LogP contribution in [-0.2, 0) is 0 Å². The number of fused-ring (bicyclic) bond motifs is 8. The number of rotatable bonds is 3. The molecular formula is C41H24N2OS. The van der Waals surface area contributed by atoms with Crippen molar-refractivity contribution in [1.82, 2.24) is 8.97 Å². The predicted octanol–water partition coefficient (Wildman–Crippen LogP) is 10.7. The van der Waals surface area contributed by atoms with Gasteiger partial charge in [-0.3, -0.25) is 9.20 Å². The molecule has 0 amide bonds. The highest BCUT2D eigenvalue weighted by Gasteiger charge is 2.25. The van der Waals surface area contributed by atoms with Crippen LogP contribution in [-0.4, -0.2) is 8.97 Å². The van der Waals surface area contributed by atoms with Crippen LogP contribution in [0.25, 0.3) is 86.3 Å². The average molecular weight is 593 g/mol. The number of benzene rings is 6. The van der Waals surface area contributed by atoms with Gasteiger partial charge in [-0.1, -0.05) is 121 Å². The topological polar surface area (TPSA) is 26.4 Å². The molecule has 0 bridgehead atoms. The van der Waals surface area contributed by atoms with Gasteiger partial charge < -0.3 is 4.57 Å². The van der Waals surface area contributed by atoms with Gasteiger partial charge in [0, 0.05) is 26.9 Å². The molecule has 210 valence electrons. The Morgan fingerprint density at radius 2 is 0.978 bits per heavy atom. The third kappa shape index (κ3) is 3.37. The Kier molecular flexibility index (Phi) is 5.02. The zero-order chi connectivity index (χ0) is 29.6. The number of aromatic nitrogens is 2. The van der Waals surface area contributed by atoms with Gasteiger partial charge in [0.25, 0.3) is 5.56 Å². The second-order valence-electron chi connectivity index (χ2n) is 11.7. The first-order chi connectivity index (χ1) is 22.3. The van der Waals surface area contributed by atoms with Crippen molar-refractivity contribution in [3.05, 3.63) is 156 Å². The van der Waals surface area contributed by atoms with Gasteiger partial charge in [0.2, 0.25) is 0 Å². The van der Waals surface area contributed by atoms with Gasteiger partial charge in [0.05, 0.1) is 26.8 Å². The summed E-state index contributed by atoms with van der Waals surface area (Å²) in [5, 5.41) is 7.52. The first-order valence-electron chi connectivity index (χ1n) is 15.2. The zero-order valence-electron chi connectivity index (χ0n) is 24.1. The van der Waals surface area contributed by atoms with Gasteiger partial charge in [0.1, 0.15) is 5.00 Å². The van der Waals surface area contributed by atoms with Crippen LogP contribution in [0.1, 0.15) is 0 Å². The van der Waals surface area contributed by atoms with E-state index in [4.69, 9.17) is 0 Å². The van der Waals surface area contributed by atoms with E-state index >= 15 is 0 Å². The standard InChI is InChI=1S/C41H24N2OS/c44-40-32-16-8-7-15-31(32)37-38-39(33-17-9-10-18-34(33)43(38)40)45-41(37)42-35-23-27(25-11-3-1-4-12-25)19-21-29(35)30-22-20-28(24-36(30)42)26-13-5-2-6-14-26/h1-24H. The van der Waals surface area contributed by atoms with Crippen molar-refractivity contribution in [2.75, 3.05) is 0 Å². The Hall–Kier alpha value is -5.71. The summed E-state index contributed by atoms with van der Waals surface area (Å²) >= 11 is 1.79. The lowest BCUT2D eigenvalue weighted by molar-refractivity contribution is 1.20. The molecule has 0 saturated heterocycles. The Balaban J connectivity index is 1.42. The molecule has 0 unspecified atom stereocenters. The fourth-order valence-electron chi connectivity index (χ4n) is 7.26. The molecule has 10 rings (SSSR count). The summed E-state index contributed by atoms with van der Waals surface area (Å²) in [4.78, 5) is 14.1. The molecule has 0 aliphatic rings. The smallest absolute Gasteiger partial charge is 0.263 e. The summed E-state index contributed by atoms with van der Waals surface area (Å²) in [5.74, 6) is 0. The Labute approximate surface area is 261 Å². The normalized spacial score (nSPS) is 12.1. The highest BCUT2D eigenvalue weighted by atomic mass is 32.1. The first kappa shape index (κ1) is 24.7. The van der Waals surface area contributed by atoms with E-state index in [-0.39, 0.29) is 5.56 Å². The maximum atomic E-state index is 14.1. The number of para-hydroxylation sites is 1. The van der Waals surface area contributed by atoms with E-state index in [2.05, 4.69) is 126 Å². The zero-order valence-corrected chi connectivity index (χ0v) is 24.9. The molecule has 3 nitrogen and oxygen atoms in total. The van der Waals surface area contributed by atoms with Crippen LogP contribution in [0.4, 0.5) is 0 Å². The van der Waals surface area contributed by atoms with Crippen LogP contribution >= 0.6 is 11.3 Å². The molecule has 45 heavy (non-hydrogen) atoms. The summed E-state index contributed by atoms with van der Waals surface area (Å²) in [6.45, 7) is 0. The number of hydrogen-bond donors (Lipinski definition) is 0. The van der Waals surface area contributed by atoms with Gasteiger partial charge in [-0.15, -0.1) is 11.3 Å². The van der Waals surface area contributed by atoms with Crippen molar-refractivity contribution in [2.24, 2.45) is 0 Å². The van der Waals surface area contributed by atoms with Crippen molar-refractivity contribution in [3.8, 4) is 27.3 Å². The number of pyridine rings is 1. The fraction of sp³-hybridized carbons (Fsp3) is 0. The summed E-state index contributed by atoms with van der Waals surface area (Å²) in [6.07, 6.45) is 0. The maximum absolute atomic E-state index is 14.1. The van der Waals surface area contributed by atoms with Crippen LogP contribution in [0.15, 0.2) is 150 Å². The van der Waals surface area contributed by atoms with Crippen LogP contribution in [0.2, 0.25) is 0 Å². The van der Waals surface area contributed by atoms with E-state index in [0.717, 1.165) is 53.3 Å². The summed E-state index contributed by atoms with van der Waals surface area (Å²) < 4.78 is 5.54. The molecule has 0 radical (unpaired) electrons. The van der Waals surface area contributed by atoms with Crippen LogP contribution in [0.5, 0.6) is 0 Å². The van der Waals surface area contributed by atoms with Gasteiger partial charge >= 0.3 is 0 Å². The molecule has 0 aliphatic carbocycles. The van der Waals surface area contributed by atoms with Crippen molar-refractivity contribution in [2.45, 2.75) is 0 Å². The fourth-order valence-corrected chi connectivity index (χ4v) is 8.63. The van der Waals surface area contributed by atoms with Gasteiger partial charge in [-0.05, 0) is 51.9 Å². The molecule has 4 heterocycles. The highest BCUT2D eigenvalue weighted by Crippen LogP contribution is 2.47. The minimum absolute atomic E-state index is 0.0357. The number of hydrogen-bond acceptors (Lipinski definition) is 2. The van der Waals surface area contributed by atoms with Crippen molar-refractivity contribution >= 4 is 70.4 Å². The Morgan fingerprint density at radius 3 is 1.60 bits per heavy atom. The minimum atomic E-state index is 0.0357. The number of thiophene rings is 1. The van der Waals surface area contributed by atoms with Gasteiger partial charge in [-0.2, -0.15) is 0 Å². The maximum Gasteiger partial charge on any atom is 0.263 e. The van der Waals surface area contributed by atoms with E-state index in [1.54, 1.807) is 11.3 Å². The molecular weight excluding hydrogens is 569 g/mol.